The maximum absolute atomic E-state index is 13.2. The molecule has 0 bridgehead atoms. The summed E-state index contributed by atoms with van der Waals surface area (Å²) in [5.74, 6) is 0. The topological polar surface area (TPSA) is 91.6 Å². The minimum atomic E-state index is -4.75. The largest absolute Gasteiger partial charge is 0.453 e. The van der Waals surface area contributed by atoms with E-state index >= 15 is 0 Å². The fraction of sp³-hybridized carbons (Fsp3) is 0.312. The number of anilines is 1. The number of benzene rings is 1. The molecule has 0 spiro atoms. The van der Waals surface area contributed by atoms with E-state index in [9.17, 15) is 27.3 Å². The lowest BCUT2D eigenvalue weighted by Gasteiger charge is -2.16. The van der Waals surface area contributed by atoms with Crippen molar-refractivity contribution in [1.29, 1.82) is 0 Å². The summed E-state index contributed by atoms with van der Waals surface area (Å²) < 4.78 is 58.6. The van der Waals surface area contributed by atoms with Gasteiger partial charge in [0, 0.05) is 16.7 Å². The van der Waals surface area contributed by atoms with Crippen LogP contribution in [-0.4, -0.2) is 15.3 Å². The SMILES string of the molecule is Cc1cc(Cl)cc(C(F)(F)F)c1NC(=O)NS(=O)c1cc(C(C)(C)O)co1. The second kappa shape index (κ2) is 7.53. The molecule has 1 heterocycles. The summed E-state index contributed by atoms with van der Waals surface area (Å²) in [5.41, 5.74) is -2.48. The van der Waals surface area contributed by atoms with Crippen molar-refractivity contribution in [2.45, 2.75) is 37.6 Å². The lowest BCUT2D eigenvalue weighted by Crippen LogP contribution is -2.31. The van der Waals surface area contributed by atoms with E-state index in [0.717, 1.165) is 6.26 Å². The molecular weight excluding hydrogens is 409 g/mol. The number of halogens is 4. The average molecular weight is 425 g/mol. The van der Waals surface area contributed by atoms with Gasteiger partial charge in [-0.05, 0) is 38.5 Å². The van der Waals surface area contributed by atoms with Crippen molar-refractivity contribution in [3.63, 3.8) is 0 Å². The van der Waals surface area contributed by atoms with Crippen molar-refractivity contribution in [2.75, 3.05) is 5.32 Å². The molecule has 0 aliphatic rings. The number of alkyl halides is 3. The van der Waals surface area contributed by atoms with Gasteiger partial charge in [-0.1, -0.05) is 11.6 Å². The van der Waals surface area contributed by atoms with Gasteiger partial charge in [-0.15, -0.1) is 0 Å². The van der Waals surface area contributed by atoms with E-state index < -0.39 is 40.0 Å². The highest BCUT2D eigenvalue weighted by atomic mass is 35.5. The number of aryl methyl sites for hydroxylation is 1. The Bertz CT molecular complexity index is 891. The van der Waals surface area contributed by atoms with Gasteiger partial charge in [0.05, 0.1) is 23.1 Å². The molecule has 0 fully saturated rings. The molecule has 2 amide bonds. The molecule has 0 aliphatic carbocycles. The van der Waals surface area contributed by atoms with E-state index in [-0.39, 0.29) is 15.7 Å². The molecule has 27 heavy (non-hydrogen) atoms. The molecular formula is C16H16ClF3N2O4S. The smallest absolute Gasteiger partial charge is 0.418 e. The van der Waals surface area contributed by atoms with Gasteiger partial charge in [-0.2, -0.15) is 13.2 Å². The third-order valence-corrected chi connectivity index (χ3v) is 4.66. The molecule has 0 saturated heterocycles. The summed E-state index contributed by atoms with van der Waals surface area (Å²) in [6, 6.07) is 2.07. The predicted molar refractivity (Wildman–Crippen MR) is 93.7 cm³/mol. The second-order valence-corrected chi connectivity index (χ2v) is 7.76. The Kier molecular flexibility index (Phi) is 5.93. The zero-order chi connectivity index (χ0) is 20.6. The number of nitrogens with one attached hydrogen (secondary N) is 2. The minimum Gasteiger partial charge on any atom is -0.453 e. The van der Waals surface area contributed by atoms with E-state index in [2.05, 4.69) is 0 Å². The fourth-order valence-corrected chi connectivity index (χ4v) is 3.10. The Balaban J connectivity index is 2.19. The van der Waals surface area contributed by atoms with Crippen LogP contribution in [0.4, 0.5) is 23.7 Å². The Morgan fingerprint density at radius 3 is 2.41 bits per heavy atom. The third-order valence-electron chi connectivity index (χ3n) is 3.49. The first-order valence-corrected chi connectivity index (χ1v) is 9.00. The van der Waals surface area contributed by atoms with Gasteiger partial charge < -0.3 is 14.8 Å². The number of aliphatic hydroxyl groups is 1. The summed E-state index contributed by atoms with van der Waals surface area (Å²) in [7, 11) is -2.19. The molecule has 1 unspecified atom stereocenters. The summed E-state index contributed by atoms with van der Waals surface area (Å²) in [5, 5.41) is 11.6. The number of rotatable bonds is 4. The second-order valence-electron chi connectivity index (χ2n) is 6.18. The quantitative estimate of drug-likeness (QED) is 0.681. The minimum absolute atomic E-state index is 0.0815. The third kappa shape index (κ3) is 5.24. The Labute approximate surface area is 160 Å². The molecule has 1 aromatic heterocycles. The van der Waals surface area contributed by atoms with E-state index in [1.165, 1.54) is 32.9 Å². The fourth-order valence-electron chi connectivity index (χ4n) is 2.14. The highest BCUT2D eigenvalue weighted by Crippen LogP contribution is 2.38. The maximum Gasteiger partial charge on any atom is 0.418 e. The van der Waals surface area contributed by atoms with E-state index in [4.69, 9.17) is 16.0 Å². The van der Waals surface area contributed by atoms with Crippen molar-refractivity contribution in [3.8, 4) is 0 Å². The van der Waals surface area contributed by atoms with Gasteiger partial charge in [0.15, 0.2) is 11.0 Å². The van der Waals surface area contributed by atoms with Gasteiger partial charge >= 0.3 is 12.2 Å². The van der Waals surface area contributed by atoms with Gasteiger partial charge in [-0.3, -0.25) is 0 Å². The van der Waals surface area contributed by atoms with Crippen LogP contribution in [-0.2, 0) is 22.8 Å². The number of furan rings is 1. The highest BCUT2D eigenvalue weighted by molar-refractivity contribution is 7.83. The Morgan fingerprint density at radius 1 is 1.26 bits per heavy atom. The summed E-state index contributed by atoms with van der Waals surface area (Å²) in [4.78, 5) is 12.0. The van der Waals surface area contributed by atoms with Crippen LogP contribution >= 0.6 is 11.6 Å². The molecule has 148 valence electrons. The standard InChI is InChI=1S/C16H16ClF3N2O4S/c1-8-4-10(17)6-11(16(18,19)20)13(8)21-14(23)22-27(25)12-5-9(7-26-12)15(2,3)24/h4-7,24H,1-3H3,(H2,21,22,23). The van der Waals surface area contributed by atoms with Gasteiger partial charge in [0.2, 0.25) is 5.09 Å². The van der Waals surface area contributed by atoms with Crippen LogP contribution in [0.5, 0.6) is 0 Å². The lowest BCUT2D eigenvalue weighted by molar-refractivity contribution is -0.136. The molecule has 0 saturated carbocycles. The zero-order valence-corrected chi connectivity index (χ0v) is 16.0. The number of hydrogen-bond acceptors (Lipinski definition) is 4. The number of hydrogen-bond donors (Lipinski definition) is 3. The van der Waals surface area contributed by atoms with Crippen LogP contribution in [0.15, 0.2) is 34.0 Å². The first-order chi connectivity index (χ1) is 12.3. The predicted octanol–water partition coefficient (Wildman–Crippen LogP) is 4.33. The van der Waals surface area contributed by atoms with Crippen molar-refractivity contribution in [3.05, 3.63) is 46.2 Å². The molecule has 6 nitrogen and oxygen atoms in total. The van der Waals surface area contributed by atoms with Crippen molar-refractivity contribution in [1.82, 2.24) is 4.72 Å². The van der Waals surface area contributed by atoms with E-state index in [1.54, 1.807) is 0 Å². The van der Waals surface area contributed by atoms with Gasteiger partial charge in [0.25, 0.3) is 0 Å². The monoisotopic (exact) mass is 424 g/mol. The molecule has 2 rings (SSSR count). The first kappa shape index (κ1) is 21.3. The average Bonchev–Trinajstić information content (AvgIpc) is 2.98. The Hall–Kier alpha value is -2.04. The number of urea groups is 1. The maximum atomic E-state index is 13.2. The van der Waals surface area contributed by atoms with Crippen LogP contribution in [0.25, 0.3) is 0 Å². The number of amides is 2. The molecule has 0 aliphatic heterocycles. The molecule has 1 atom stereocenters. The first-order valence-electron chi connectivity index (χ1n) is 7.47. The molecule has 11 heteroatoms. The van der Waals surface area contributed by atoms with Crippen LogP contribution in [0.2, 0.25) is 5.02 Å². The molecule has 2 aromatic rings. The molecule has 1 aromatic carbocycles. The van der Waals surface area contributed by atoms with E-state index in [1.807, 2.05) is 10.0 Å². The normalized spacial score (nSPS) is 13.3. The van der Waals surface area contributed by atoms with Crippen LogP contribution < -0.4 is 10.0 Å². The Morgan fingerprint density at radius 2 is 1.89 bits per heavy atom. The summed E-state index contributed by atoms with van der Waals surface area (Å²) >= 11 is 5.66. The van der Waals surface area contributed by atoms with Crippen LogP contribution in [0, 0.1) is 6.92 Å². The zero-order valence-electron chi connectivity index (χ0n) is 14.4. The van der Waals surface area contributed by atoms with Crippen molar-refractivity contribution >= 4 is 34.3 Å². The van der Waals surface area contributed by atoms with Crippen molar-refractivity contribution in [2.24, 2.45) is 0 Å². The van der Waals surface area contributed by atoms with Gasteiger partial charge in [0.1, 0.15) is 0 Å². The number of carbonyl (C=O) groups excluding carboxylic acids is 1. The number of carbonyl (C=O) groups is 1. The van der Waals surface area contributed by atoms with Crippen molar-refractivity contribution < 1.29 is 31.7 Å². The van der Waals surface area contributed by atoms with Gasteiger partial charge in [-0.25, -0.2) is 13.7 Å². The molecule has 0 radical (unpaired) electrons. The lowest BCUT2D eigenvalue weighted by atomic mass is 10.0. The highest BCUT2D eigenvalue weighted by Gasteiger charge is 2.35. The van der Waals surface area contributed by atoms with E-state index in [0.29, 0.717) is 11.6 Å². The summed E-state index contributed by atoms with van der Waals surface area (Å²) in [6.45, 7) is 4.30. The van der Waals surface area contributed by atoms with Crippen LogP contribution in [0.3, 0.4) is 0 Å². The van der Waals surface area contributed by atoms with Crippen LogP contribution in [0.1, 0.15) is 30.5 Å². The molecule has 3 N–H and O–H groups in total. The summed E-state index contributed by atoms with van der Waals surface area (Å²) in [6.07, 6.45) is -3.59.